The zero-order chi connectivity index (χ0) is 6.69. The van der Waals surface area contributed by atoms with Crippen LogP contribution in [0.3, 0.4) is 0 Å². The van der Waals surface area contributed by atoms with Crippen LogP contribution in [0.2, 0.25) is 0 Å². The fraction of sp³-hybridized carbons (Fsp3) is 0. The smallest absolute Gasteiger partial charge is 0.399 e. The Bertz CT molecular complexity index is 243. The summed E-state index contributed by atoms with van der Waals surface area (Å²) in [6.07, 6.45) is 4.27. The lowest BCUT2D eigenvalue weighted by Gasteiger charge is -1.77. The van der Waals surface area contributed by atoms with Crippen molar-refractivity contribution in [2.45, 2.75) is 0 Å². The average Bonchev–Trinajstić information content (AvgIpc) is 2.17. The highest BCUT2D eigenvalue weighted by molar-refractivity contribution is 5.09. The molecule has 3 heteroatoms. The van der Waals surface area contributed by atoms with Crippen molar-refractivity contribution < 1.29 is 8.83 Å². The van der Waals surface area contributed by atoms with Crippen LogP contribution >= 0.6 is 0 Å². The Kier molecular flexibility index (Phi) is 1.53. The van der Waals surface area contributed by atoms with Gasteiger partial charge in [0, 0.05) is 0 Å². The predicted molar refractivity (Wildman–Crippen MR) is 30.8 cm³/mol. The lowest BCUT2D eigenvalue weighted by atomic mass is 10.4. The molecular weight excluding hydrogens is 120 g/mol. The van der Waals surface area contributed by atoms with Gasteiger partial charge in [0.2, 0.25) is 0 Å². The van der Waals surface area contributed by atoms with Gasteiger partial charge < -0.3 is 8.83 Å². The molecule has 1 heterocycles. The molecule has 0 bridgehead atoms. The van der Waals surface area contributed by atoms with Gasteiger partial charge >= 0.3 is 5.82 Å². The van der Waals surface area contributed by atoms with Crippen molar-refractivity contribution in [1.82, 2.24) is 0 Å². The van der Waals surface area contributed by atoms with E-state index in [0.717, 1.165) is 0 Å². The third-order valence-electron chi connectivity index (χ3n) is 0.755. The van der Waals surface area contributed by atoms with E-state index in [1.54, 1.807) is 0 Å². The summed E-state index contributed by atoms with van der Waals surface area (Å²) < 4.78 is 8.79. The molecule has 1 rings (SSSR count). The first kappa shape index (κ1) is 5.88. The van der Waals surface area contributed by atoms with Gasteiger partial charge in [-0.05, 0) is 0 Å². The molecule has 0 aromatic carbocycles. The second-order valence-corrected chi connectivity index (χ2v) is 1.39. The van der Waals surface area contributed by atoms with Crippen LogP contribution < -0.4 is 5.82 Å². The molecule has 0 aliphatic heterocycles. The fourth-order valence-electron chi connectivity index (χ4n) is 0.440. The van der Waals surface area contributed by atoms with Crippen LogP contribution in [0.15, 0.2) is 32.5 Å². The minimum absolute atomic E-state index is 0.384. The largest absolute Gasteiger partial charge is 0.518 e. The van der Waals surface area contributed by atoms with E-state index in [4.69, 9.17) is 0 Å². The molecule has 1 radical (unpaired) electrons. The molecule has 0 aliphatic rings. The van der Waals surface area contributed by atoms with Crippen molar-refractivity contribution in [2.24, 2.45) is 0 Å². The summed E-state index contributed by atoms with van der Waals surface area (Å²) >= 11 is 0. The van der Waals surface area contributed by atoms with Gasteiger partial charge in [-0.15, -0.1) is 6.58 Å². The highest BCUT2D eigenvalue weighted by Gasteiger charge is 1.95. The lowest BCUT2D eigenvalue weighted by molar-refractivity contribution is 0.381. The SMILES string of the molecule is C=C[CH]c1coc(=O)o1. The first-order valence-corrected chi connectivity index (χ1v) is 2.37. The monoisotopic (exact) mass is 125 g/mol. The molecule has 3 nitrogen and oxygen atoms in total. The molecule has 9 heavy (non-hydrogen) atoms. The van der Waals surface area contributed by atoms with E-state index in [0.29, 0.717) is 5.76 Å². The van der Waals surface area contributed by atoms with Crippen LogP contribution in [-0.2, 0) is 0 Å². The number of allylic oxidation sites excluding steroid dienone is 1. The maximum absolute atomic E-state index is 10.2. The summed E-state index contributed by atoms with van der Waals surface area (Å²) in [6, 6.07) is 0. The highest BCUT2D eigenvalue weighted by Crippen LogP contribution is 1.97. The van der Waals surface area contributed by atoms with Crippen LogP contribution in [0.1, 0.15) is 5.76 Å². The Morgan fingerprint density at radius 1 is 1.67 bits per heavy atom. The quantitative estimate of drug-likeness (QED) is 0.591. The minimum Gasteiger partial charge on any atom is -0.399 e. The Morgan fingerprint density at radius 3 is 2.89 bits per heavy atom. The van der Waals surface area contributed by atoms with Crippen molar-refractivity contribution in [1.29, 1.82) is 0 Å². The van der Waals surface area contributed by atoms with Gasteiger partial charge in [-0.3, -0.25) is 0 Å². The van der Waals surface area contributed by atoms with E-state index in [9.17, 15) is 4.79 Å². The van der Waals surface area contributed by atoms with Gasteiger partial charge in [0.25, 0.3) is 0 Å². The Hall–Kier alpha value is -1.25. The van der Waals surface area contributed by atoms with E-state index < -0.39 is 5.82 Å². The molecule has 47 valence electrons. The fourth-order valence-corrected chi connectivity index (χ4v) is 0.440. The zero-order valence-corrected chi connectivity index (χ0v) is 4.66. The summed E-state index contributed by atoms with van der Waals surface area (Å²) in [5.41, 5.74) is 0. The third kappa shape index (κ3) is 1.32. The van der Waals surface area contributed by atoms with Crippen molar-refractivity contribution in [2.75, 3.05) is 0 Å². The van der Waals surface area contributed by atoms with Crippen LogP contribution in [-0.4, -0.2) is 0 Å². The van der Waals surface area contributed by atoms with Gasteiger partial charge in [-0.2, -0.15) is 0 Å². The Morgan fingerprint density at radius 2 is 2.44 bits per heavy atom. The average molecular weight is 125 g/mol. The Labute approximate surface area is 51.6 Å². The molecule has 1 aromatic heterocycles. The number of hydrogen-bond acceptors (Lipinski definition) is 3. The van der Waals surface area contributed by atoms with Gasteiger partial charge in [0.1, 0.15) is 6.26 Å². The molecule has 0 saturated carbocycles. The second kappa shape index (κ2) is 2.35. The van der Waals surface area contributed by atoms with E-state index in [2.05, 4.69) is 15.4 Å². The lowest BCUT2D eigenvalue weighted by Crippen LogP contribution is -1.85. The molecule has 0 saturated heterocycles. The van der Waals surface area contributed by atoms with Gasteiger partial charge in [0.15, 0.2) is 5.76 Å². The van der Waals surface area contributed by atoms with Crippen molar-refractivity contribution in [3.05, 3.63) is 41.7 Å². The predicted octanol–water partition coefficient (Wildman–Crippen LogP) is 0.971. The normalized spacial score (nSPS) is 9.33. The molecule has 0 fully saturated rings. The van der Waals surface area contributed by atoms with E-state index >= 15 is 0 Å². The number of rotatable bonds is 2. The second-order valence-electron chi connectivity index (χ2n) is 1.39. The first-order chi connectivity index (χ1) is 4.33. The molecule has 1 aromatic rings. The summed E-state index contributed by atoms with van der Waals surface area (Å²) in [4.78, 5) is 10.2. The maximum Gasteiger partial charge on any atom is 0.518 e. The van der Waals surface area contributed by atoms with Crippen LogP contribution in [0.25, 0.3) is 0 Å². The van der Waals surface area contributed by atoms with Crippen molar-refractivity contribution in [3.63, 3.8) is 0 Å². The minimum atomic E-state index is -0.692. The molecule has 0 amide bonds. The topological polar surface area (TPSA) is 43.4 Å². The van der Waals surface area contributed by atoms with E-state index in [1.165, 1.54) is 18.8 Å². The van der Waals surface area contributed by atoms with Gasteiger partial charge in [-0.1, -0.05) is 6.08 Å². The van der Waals surface area contributed by atoms with E-state index in [1.807, 2.05) is 0 Å². The van der Waals surface area contributed by atoms with Crippen LogP contribution in [0.5, 0.6) is 0 Å². The summed E-state index contributed by atoms with van der Waals surface area (Å²) in [6.45, 7) is 3.41. The molecule has 0 atom stereocenters. The molecule has 0 N–H and O–H groups in total. The number of hydrogen-bond donors (Lipinski definition) is 0. The van der Waals surface area contributed by atoms with Gasteiger partial charge in [0.05, 0.1) is 6.42 Å². The highest BCUT2D eigenvalue weighted by atomic mass is 16.6. The molecular formula is C6H5O3. The molecule has 0 aliphatic carbocycles. The maximum atomic E-state index is 10.2. The van der Waals surface area contributed by atoms with Crippen molar-refractivity contribution in [3.8, 4) is 0 Å². The van der Waals surface area contributed by atoms with E-state index in [-0.39, 0.29) is 0 Å². The Balaban J connectivity index is 2.84. The van der Waals surface area contributed by atoms with Crippen molar-refractivity contribution >= 4 is 0 Å². The molecule has 0 unspecified atom stereocenters. The molecule has 0 spiro atoms. The van der Waals surface area contributed by atoms with Crippen LogP contribution in [0, 0.1) is 6.42 Å². The standard InChI is InChI=1S/C6H5O3/c1-2-3-5-4-8-6(7)9-5/h2-4H,1H2. The summed E-state index contributed by atoms with van der Waals surface area (Å²) in [7, 11) is 0. The summed E-state index contributed by atoms with van der Waals surface area (Å²) in [5, 5.41) is 0. The van der Waals surface area contributed by atoms with Crippen LogP contribution in [0.4, 0.5) is 0 Å². The van der Waals surface area contributed by atoms with Gasteiger partial charge in [-0.25, -0.2) is 4.79 Å². The first-order valence-electron chi connectivity index (χ1n) is 2.37. The zero-order valence-electron chi connectivity index (χ0n) is 4.66. The summed E-state index contributed by atoms with van der Waals surface area (Å²) in [5.74, 6) is -0.307. The third-order valence-corrected chi connectivity index (χ3v) is 0.755.